The second kappa shape index (κ2) is 7.79. The molecule has 0 saturated heterocycles. The van der Waals surface area contributed by atoms with Gasteiger partial charge in [0.1, 0.15) is 12.4 Å². The normalized spacial score (nSPS) is 12.7. The second-order valence-corrected chi connectivity index (χ2v) is 4.88. The number of rotatable bonds is 8. The third-order valence-electron chi connectivity index (χ3n) is 2.77. The Labute approximate surface area is 108 Å². The minimum absolute atomic E-state index is 0.286. The van der Waals surface area contributed by atoms with Crippen LogP contribution in [0.3, 0.4) is 0 Å². The largest absolute Gasteiger partial charge is 0.464 e. The van der Waals surface area contributed by atoms with E-state index in [1.54, 1.807) is 6.92 Å². The highest BCUT2D eigenvalue weighted by molar-refractivity contribution is 5.73. The van der Waals surface area contributed by atoms with Crippen LogP contribution in [0, 0.1) is 5.92 Å². The van der Waals surface area contributed by atoms with Gasteiger partial charge in [-0.2, -0.15) is 0 Å². The number of ether oxygens (including phenoxy) is 1. The van der Waals surface area contributed by atoms with Gasteiger partial charge in [0.15, 0.2) is 0 Å². The van der Waals surface area contributed by atoms with E-state index in [1.807, 2.05) is 0 Å². The Morgan fingerprint density at radius 3 is 2.67 bits per heavy atom. The number of aromatic nitrogens is 4. The maximum absolute atomic E-state index is 11.6. The molecule has 0 aliphatic heterocycles. The molecule has 1 heterocycles. The highest BCUT2D eigenvalue weighted by Gasteiger charge is 2.17. The summed E-state index contributed by atoms with van der Waals surface area (Å²) in [5, 5.41) is 10.6. The van der Waals surface area contributed by atoms with E-state index >= 15 is 0 Å². The van der Waals surface area contributed by atoms with Crippen molar-refractivity contribution in [3.63, 3.8) is 0 Å². The van der Waals surface area contributed by atoms with Crippen LogP contribution in [0.5, 0.6) is 0 Å². The van der Waals surface area contributed by atoms with Crippen LogP contribution in [0.4, 0.5) is 0 Å². The summed E-state index contributed by atoms with van der Waals surface area (Å²) in [6, 6.07) is -0.462. The smallest absolute Gasteiger partial charge is 0.330 e. The first kappa shape index (κ1) is 14.6. The van der Waals surface area contributed by atoms with Crippen molar-refractivity contribution in [3.8, 4) is 0 Å². The lowest BCUT2D eigenvalue weighted by Gasteiger charge is -2.10. The van der Waals surface area contributed by atoms with E-state index in [0.717, 1.165) is 18.8 Å². The highest BCUT2D eigenvalue weighted by Crippen LogP contribution is 2.09. The van der Waals surface area contributed by atoms with Crippen LogP contribution in [0.25, 0.3) is 0 Å². The van der Waals surface area contributed by atoms with Gasteiger partial charge in [0.05, 0.1) is 6.61 Å². The zero-order chi connectivity index (χ0) is 13.4. The van der Waals surface area contributed by atoms with Crippen LogP contribution in [-0.4, -0.2) is 32.8 Å². The molecule has 18 heavy (non-hydrogen) atoms. The predicted molar refractivity (Wildman–Crippen MR) is 66.8 cm³/mol. The van der Waals surface area contributed by atoms with Gasteiger partial charge >= 0.3 is 5.97 Å². The minimum atomic E-state index is -0.462. The molecule has 0 aliphatic carbocycles. The van der Waals surface area contributed by atoms with Gasteiger partial charge in [-0.1, -0.05) is 33.1 Å². The summed E-state index contributed by atoms with van der Waals surface area (Å²) in [4.78, 5) is 11.6. The summed E-state index contributed by atoms with van der Waals surface area (Å²) in [7, 11) is 0. The van der Waals surface area contributed by atoms with Crippen LogP contribution < -0.4 is 0 Å². The molecule has 0 fully saturated rings. The monoisotopic (exact) mass is 254 g/mol. The van der Waals surface area contributed by atoms with E-state index in [0.29, 0.717) is 6.61 Å². The van der Waals surface area contributed by atoms with E-state index < -0.39 is 6.04 Å². The van der Waals surface area contributed by atoms with E-state index in [4.69, 9.17) is 4.74 Å². The minimum Gasteiger partial charge on any atom is -0.464 e. The average molecular weight is 254 g/mol. The molecule has 0 aromatic carbocycles. The molecule has 6 heteroatoms. The van der Waals surface area contributed by atoms with Gasteiger partial charge in [-0.3, -0.25) is 0 Å². The molecule has 0 radical (unpaired) electrons. The number of tetrazole rings is 1. The standard InChI is InChI=1S/C12H22N4O2/c1-10(2)7-5-4-6-8-18-12(17)11(3)16-9-13-14-15-16/h9-11H,4-8H2,1-3H3/t11-/m0/s1. The molecule has 0 N–H and O–H groups in total. The summed E-state index contributed by atoms with van der Waals surface area (Å²) in [6.07, 6.45) is 5.85. The van der Waals surface area contributed by atoms with E-state index in [1.165, 1.54) is 23.9 Å². The first-order valence-corrected chi connectivity index (χ1v) is 6.50. The lowest BCUT2D eigenvalue weighted by molar-refractivity contribution is -0.147. The van der Waals surface area contributed by atoms with Crippen LogP contribution in [0.1, 0.15) is 52.5 Å². The van der Waals surface area contributed by atoms with Crippen molar-refractivity contribution in [3.05, 3.63) is 6.33 Å². The number of carbonyl (C=O) groups is 1. The Morgan fingerprint density at radius 1 is 1.28 bits per heavy atom. The van der Waals surface area contributed by atoms with Gasteiger partial charge in [0.25, 0.3) is 0 Å². The molecule has 0 saturated carbocycles. The van der Waals surface area contributed by atoms with Gasteiger partial charge in [0, 0.05) is 0 Å². The fourth-order valence-electron chi connectivity index (χ4n) is 1.58. The molecule has 0 bridgehead atoms. The predicted octanol–water partition coefficient (Wildman–Crippen LogP) is 1.99. The first-order valence-electron chi connectivity index (χ1n) is 6.50. The number of hydrogen-bond donors (Lipinski definition) is 0. The summed E-state index contributed by atoms with van der Waals surface area (Å²) in [6.45, 7) is 6.63. The average Bonchev–Trinajstić information content (AvgIpc) is 2.85. The SMILES string of the molecule is CC(C)CCCCCOC(=O)[C@H](C)n1cnnn1. The van der Waals surface area contributed by atoms with Crippen molar-refractivity contribution in [2.45, 2.75) is 52.5 Å². The molecule has 0 aliphatic rings. The van der Waals surface area contributed by atoms with Gasteiger partial charge in [-0.15, -0.1) is 5.10 Å². The van der Waals surface area contributed by atoms with Crippen LogP contribution in [-0.2, 0) is 9.53 Å². The van der Waals surface area contributed by atoms with Crippen molar-refractivity contribution in [2.75, 3.05) is 6.61 Å². The topological polar surface area (TPSA) is 69.9 Å². The quantitative estimate of drug-likeness (QED) is 0.524. The number of hydrogen-bond acceptors (Lipinski definition) is 5. The van der Waals surface area contributed by atoms with E-state index in [-0.39, 0.29) is 5.97 Å². The fraction of sp³-hybridized carbons (Fsp3) is 0.833. The highest BCUT2D eigenvalue weighted by atomic mass is 16.5. The number of unbranched alkanes of at least 4 members (excludes halogenated alkanes) is 2. The summed E-state index contributed by atoms with van der Waals surface area (Å²) >= 11 is 0. The van der Waals surface area contributed by atoms with Crippen molar-refractivity contribution in [1.82, 2.24) is 20.2 Å². The lowest BCUT2D eigenvalue weighted by atomic mass is 10.1. The fourth-order valence-corrected chi connectivity index (χ4v) is 1.58. The van der Waals surface area contributed by atoms with Crippen LogP contribution in [0.15, 0.2) is 6.33 Å². The van der Waals surface area contributed by atoms with Crippen molar-refractivity contribution >= 4 is 5.97 Å². The molecule has 102 valence electrons. The lowest BCUT2D eigenvalue weighted by Crippen LogP contribution is -2.20. The van der Waals surface area contributed by atoms with Crippen LogP contribution >= 0.6 is 0 Å². The van der Waals surface area contributed by atoms with Gasteiger partial charge in [-0.05, 0) is 29.7 Å². The number of esters is 1. The van der Waals surface area contributed by atoms with Crippen LogP contribution in [0.2, 0.25) is 0 Å². The second-order valence-electron chi connectivity index (χ2n) is 4.88. The third-order valence-corrected chi connectivity index (χ3v) is 2.77. The molecule has 0 amide bonds. The number of nitrogens with zero attached hydrogens (tertiary/aromatic N) is 4. The molecular weight excluding hydrogens is 232 g/mol. The molecule has 1 rings (SSSR count). The Hall–Kier alpha value is -1.46. The molecular formula is C12H22N4O2. The number of carbonyl (C=O) groups excluding carboxylic acids is 1. The van der Waals surface area contributed by atoms with Crippen molar-refractivity contribution in [2.24, 2.45) is 5.92 Å². The Morgan fingerprint density at radius 2 is 2.06 bits per heavy atom. The van der Waals surface area contributed by atoms with Gasteiger partial charge < -0.3 is 4.74 Å². The maximum atomic E-state index is 11.6. The van der Waals surface area contributed by atoms with Crippen molar-refractivity contribution < 1.29 is 9.53 Å². The summed E-state index contributed by atoms with van der Waals surface area (Å²) in [5.41, 5.74) is 0. The first-order chi connectivity index (χ1) is 8.61. The third kappa shape index (κ3) is 5.25. The van der Waals surface area contributed by atoms with Gasteiger partial charge in [0.2, 0.25) is 0 Å². The van der Waals surface area contributed by atoms with E-state index in [2.05, 4.69) is 29.4 Å². The van der Waals surface area contributed by atoms with Crippen molar-refractivity contribution in [1.29, 1.82) is 0 Å². The molecule has 6 nitrogen and oxygen atoms in total. The maximum Gasteiger partial charge on any atom is 0.330 e. The summed E-state index contributed by atoms with van der Waals surface area (Å²) in [5.74, 6) is 0.457. The summed E-state index contributed by atoms with van der Waals surface area (Å²) < 4.78 is 6.57. The molecule has 1 aromatic heterocycles. The zero-order valence-corrected chi connectivity index (χ0v) is 11.4. The van der Waals surface area contributed by atoms with Gasteiger partial charge in [-0.25, -0.2) is 9.48 Å². The Balaban J connectivity index is 2.10. The Kier molecular flexibility index (Phi) is 6.32. The Bertz CT molecular complexity index is 338. The molecule has 1 atom stereocenters. The molecule has 1 aromatic rings. The molecule has 0 unspecified atom stereocenters. The van der Waals surface area contributed by atoms with E-state index in [9.17, 15) is 4.79 Å². The molecule has 0 spiro atoms. The zero-order valence-electron chi connectivity index (χ0n) is 11.4.